The van der Waals surface area contributed by atoms with Crippen LogP contribution in [-0.2, 0) is 4.74 Å². The van der Waals surface area contributed by atoms with Crippen molar-refractivity contribution in [1.82, 2.24) is 0 Å². The number of methoxy groups -OCH3 is 2. The fourth-order valence-electron chi connectivity index (χ4n) is 3.41. The molecule has 1 heterocycles. The molecule has 3 aromatic carbocycles. The van der Waals surface area contributed by atoms with E-state index in [0.717, 1.165) is 44.6 Å². The first-order valence-electron chi connectivity index (χ1n) is 11.0. The summed E-state index contributed by atoms with van der Waals surface area (Å²) in [4.78, 5) is 13.2. The van der Waals surface area contributed by atoms with Crippen LogP contribution in [0.25, 0.3) is 11.6 Å². The van der Waals surface area contributed by atoms with Gasteiger partial charge in [0, 0.05) is 5.57 Å². The van der Waals surface area contributed by atoms with Crippen molar-refractivity contribution in [3.8, 4) is 11.5 Å². The van der Waals surface area contributed by atoms with Crippen molar-refractivity contribution in [2.24, 2.45) is 0 Å². The van der Waals surface area contributed by atoms with Crippen molar-refractivity contribution in [2.75, 3.05) is 25.7 Å². The van der Waals surface area contributed by atoms with Crippen LogP contribution in [0.1, 0.15) is 27.9 Å². The predicted molar refractivity (Wildman–Crippen MR) is 142 cm³/mol. The van der Waals surface area contributed by atoms with Gasteiger partial charge in [0.1, 0.15) is 11.5 Å². The first kappa shape index (κ1) is 24.0. The molecule has 6 heteroatoms. The van der Waals surface area contributed by atoms with E-state index in [1.54, 1.807) is 62.0 Å². The average Bonchev–Trinajstić information content (AvgIpc) is 2.92. The van der Waals surface area contributed by atoms with E-state index >= 15 is 0 Å². The van der Waals surface area contributed by atoms with Crippen LogP contribution in [0.2, 0.25) is 0 Å². The van der Waals surface area contributed by atoms with Crippen LogP contribution in [-0.4, -0.2) is 31.7 Å². The molecule has 0 radical (unpaired) electrons. The van der Waals surface area contributed by atoms with Crippen molar-refractivity contribution in [3.63, 3.8) is 0 Å². The van der Waals surface area contributed by atoms with Crippen molar-refractivity contribution < 1.29 is 19.0 Å². The number of thioether (sulfide) groups is 2. The molecule has 0 aliphatic carbocycles. The van der Waals surface area contributed by atoms with Crippen LogP contribution < -0.4 is 9.47 Å². The van der Waals surface area contributed by atoms with Gasteiger partial charge in [0.2, 0.25) is 0 Å². The van der Waals surface area contributed by atoms with Gasteiger partial charge in [-0.3, -0.25) is 0 Å². The zero-order valence-corrected chi connectivity index (χ0v) is 20.8. The molecule has 4 rings (SSSR count). The van der Waals surface area contributed by atoms with Crippen molar-refractivity contribution >= 4 is 41.1 Å². The molecule has 0 spiro atoms. The van der Waals surface area contributed by atoms with Gasteiger partial charge < -0.3 is 14.2 Å². The van der Waals surface area contributed by atoms with E-state index in [9.17, 15) is 4.79 Å². The number of carbonyl (C=O) groups is 1. The third-order valence-corrected chi connectivity index (χ3v) is 7.80. The number of esters is 1. The fourth-order valence-corrected chi connectivity index (χ4v) is 5.94. The molecule has 0 amide bonds. The minimum Gasteiger partial charge on any atom is -0.497 e. The van der Waals surface area contributed by atoms with E-state index in [0.29, 0.717) is 17.1 Å². The zero-order chi connectivity index (χ0) is 23.8. The Morgan fingerprint density at radius 1 is 0.765 bits per heavy atom. The maximum atomic E-state index is 13.2. The summed E-state index contributed by atoms with van der Waals surface area (Å²) < 4.78 is 17.7. The molecule has 1 aliphatic heterocycles. The third-order valence-electron chi connectivity index (χ3n) is 5.22. The molecule has 0 atom stereocenters. The Hall–Kier alpha value is -3.09. The highest BCUT2D eigenvalue weighted by atomic mass is 32.2. The molecule has 0 bridgehead atoms. The Morgan fingerprint density at radius 2 is 1.35 bits per heavy atom. The number of carbonyl (C=O) groups excluding carboxylic acids is 1. The molecule has 0 N–H and O–H groups in total. The summed E-state index contributed by atoms with van der Waals surface area (Å²) in [5.41, 5.74) is 3.31. The van der Waals surface area contributed by atoms with E-state index < -0.39 is 5.97 Å². The standard InChI is InChI=1S/C28H26O4S2/c1-30-23-13-9-20(10-14-23)19-25(21-7-4-3-5-8-21)26(28-33-17-6-18-34-28)32-27(29)22-11-15-24(31-2)16-12-22/h3-5,7-16,19H,6,17-18H2,1-2H3/b25-19+. The number of rotatable bonds is 7. The minimum atomic E-state index is -0.395. The average molecular weight is 491 g/mol. The van der Waals surface area contributed by atoms with Gasteiger partial charge in [-0.1, -0.05) is 42.5 Å². The highest BCUT2D eigenvalue weighted by molar-refractivity contribution is 8.22. The normalized spacial score (nSPS) is 13.8. The summed E-state index contributed by atoms with van der Waals surface area (Å²) in [5.74, 6) is 3.68. The van der Waals surface area contributed by atoms with Gasteiger partial charge in [0.05, 0.1) is 24.0 Å². The van der Waals surface area contributed by atoms with E-state index in [1.807, 2.05) is 54.6 Å². The summed E-state index contributed by atoms with van der Waals surface area (Å²) in [5, 5.41) is 0. The summed E-state index contributed by atoms with van der Waals surface area (Å²) in [6.45, 7) is 0. The second-order valence-electron chi connectivity index (χ2n) is 7.48. The predicted octanol–water partition coefficient (Wildman–Crippen LogP) is 7.14. The summed E-state index contributed by atoms with van der Waals surface area (Å²) in [6.07, 6.45) is 3.19. The quantitative estimate of drug-likeness (QED) is 0.199. The molecule has 0 aromatic heterocycles. The summed E-state index contributed by atoms with van der Waals surface area (Å²) >= 11 is 3.48. The zero-order valence-electron chi connectivity index (χ0n) is 19.2. The van der Waals surface area contributed by atoms with Gasteiger partial charge in [-0.2, -0.15) is 0 Å². The maximum Gasteiger partial charge on any atom is 0.343 e. The Bertz CT molecular complexity index is 1160. The first-order chi connectivity index (χ1) is 16.7. The van der Waals surface area contributed by atoms with E-state index in [4.69, 9.17) is 14.2 Å². The lowest BCUT2D eigenvalue weighted by atomic mass is 10.0. The molecule has 1 saturated heterocycles. The minimum absolute atomic E-state index is 0.395. The van der Waals surface area contributed by atoms with Gasteiger partial charge in [-0.15, -0.1) is 23.5 Å². The number of hydrogen-bond donors (Lipinski definition) is 0. The highest BCUT2D eigenvalue weighted by Crippen LogP contribution is 2.42. The van der Waals surface area contributed by atoms with Crippen LogP contribution >= 0.6 is 23.5 Å². The molecule has 4 nitrogen and oxygen atoms in total. The lowest BCUT2D eigenvalue weighted by molar-refractivity contribution is 0.0641. The Morgan fingerprint density at radius 3 is 1.94 bits per heavy atom. The van der Waals surface area contributed by atoms with Gasteiger partial charge in [0.15, 0.2) is 5.76 Å². The number of hydrogen-bond acceptors (Lipinski definition) is 6. The number of ether oxygens (including phenoxy) is 3. The highest BCUT2D eigenvalue weighted by Gasteiger charge is 2.23. The van der Waals surface area contributed by atoms with Crippen LogP contribution in [0.3, 0.4) is 0 Å². The third kappa shape index (κ3) is 6.07. The van der Waals surface area contributed by atoms with E-state index in [2.05, 4.69) is 6.08 Å². The summed E-state index contributed by atoms with van der Waals surface area (Å²) in [7, 11) is 3.25. The lowest BCUT2D eigenvalue weighted by Crippen LogP contribution is -2.09. The Balaban J connectivity index is 1.78. The fraction of sp³-hybridized carbons (Fsp3) is 0.179. The van der Waals surface area contributed by atoms with Crippen molar-refractivity contribution in [2.45, 2.75) is 6.42 Å². The second-order valence-corrected chi connectivity index (χ2v) is 9.95. The van der Waals surface area contributed by atoms with E-state index in [-0.39, 0.29) is 0 Å². The maximum absolute atomic E-state index is 13.2. The topological polar surface area (TPSA) is 44.8 Å². The molecule has 0 unspecified atom stereocenters. The van der Waals surface area contributed by atoms with Crippen LogP contribution in [0.15, 0.2) is 88.9 Å². The molecular weight excluding hydrogens is 464 g/mol. The van der Waals surface area contributed by atoms with Gasteiger partial charge in [-0.25, -0.2) is 4.79 Å². The second kappa shape index (κ2) is 11.9. The van der Waals surface area contributed by atoms with E-state index in [1.165, 1.54) is 0 Å². The molecule has 174 valence electrons. The Labute approximate surface area is 209 Å². The molecule has 34 heavy (non-hydrogen) atoms. The number of allylic oxidation sites excluding steroid dienone is 1. The van der Waals surface area contributed by atoms with Crippen LogP contribution in [0.5, 0.6) is 11.5 Å². The van der Waals surface area contributed by atoms with Crippen molar-refractivity contribution in [1.29, 1.82) is 0 Å². The monoisotopic (exact) mass is 490 g/mol. The van der Waals surface area contributed by atoms with Crippen LogP contribution in [0.4, 0.5) is 0 Å². The largest absolute Gasteiger partial charge is 0.497 e. The lowest BCUT2D eigenvalue weighted by Gasteiger charge is -2.20. The molecule has 3 aromatic rings. The molecule has 0 saturated carbocycles. The van der Waals surface area contributed by atoms with Gasteiger partial charge >= 0.3 is 5.97 Å². The smallest absolute Gasteiger partial charge is 0.343 e. The molecule has 1 aliphatic rings. The van der Waals surface area contributed by atoms with Crippen molar-refractivity contribution in [3.05, 3.63) is 106 Å². The van der Waals surface area contributed by atoms with Gasteiger partial charge in [0.25, 0.3) is 0 Å². The number of benzene rings is 3. The first-order valence-corrected chi connectivity index (χ1v) is 12.9. The SMILES string of the molecule is COc1ccc(/C=C(/C(OC(=O)c2ccc(OC)cc2)=C2SCCCS2)c2ccccc2)cc1. The van der Waals surface area contributed by atoms with Gasteiger partial charge in [-0.05, 0) is 71.5 Å². The van der Waals surface area contributed by atoms with Crippen LogP contribution in [0, 0.1) is 0 Å². The Kier molecular flexibility index (Phi) is 8.39. The molecular formula is C28H26O4S2. The molecule has 1 fully saturated rings. The summed E-state index contributed by atoms with van der Waals surface area (Å²) in [6, 6.07) is 24.9.